The lowest BCUT2D eigenvalue weighted by atomic mass is 10.1. The molecule has 2 aromatic rings. The molecule has 0 saturated carbocycles. The van der Waals surface area contributed by atoms with E-state index in [2.05, 4.69) is 34.1 Å². The lowest BCUT2D eigenvalue weighted by Gasteiger charge is -2.36. The van der Waals surface area contributed by atoms with Gasteiger partial charge in [0.2, 0.25) is 0 Å². The molecule has 7 heteroatoms. The predicted octanol–water partition coefficient (Wildman–Crippen LogP) is 2.47. The third-order valence-corrected chi connectivity index (χ3v) is 7.69. The second kappa shape index (κ2) is 8.22. The summed E-state index contributed by atoms with van der Waals surface area (Å²) >= 11 is 0. The topological polar surface area (TPSA) is 56.8 Å². The Morgan fingerprint density at radius 3 is 2.22 bits per heavy atom. The molecule has 27 heavy (non-hydrogen) atoms. The van der Waals surface area contributed by atoms with E-state index in [1.807, 2.05) is 12.3 Å². The van der Waals surface area contributed by atoms with Crippen LogP contribution in [0.2, 0.25) is 0 Å². The van der Waals surface area contributed by atoms with E-state index >= 15 is 0 Å². The Morgan fingerprint density at radius 2 is 1.48 bits per heavy atom. The number of hydrogen-bond acceptors (Lipinski definition) is 4. The number of pyridine rings is 1. The minimum Gasteiger partial charge on any atom is -0.296 e. The molecular formula is C20H28N4O2S. The first kappa shape index (κ1) is 18.8. The normalized spacial score (nSPS) is 21.3. The summed E-state index contributed by atoms with van der Waals surface area (Å²) < 4.78 is 29.3. The van der Waals surface area contributed by atoms with Crippen LogP contribution >= 0.6 is 0 Å². The highest BCUT2D eigenvalue weighted by Crippen LogP contribution is 2.21. The molecule has 2 aliphatic heterocycles. The average molecular weight is 389 g/mol. The zero-order chi connectivity index (χ0) is 18.7. The number of benzene rings is 1. The fourth-order valence-corrected chi connectivity index (χ4v) is 5.76. The molecule has 2 aliphatic rings. The summed E-state index contributed by atoms with van der Waals surface area (Å²) in [6.45, 7) is 4.81. The molecule has 4 rings (SSSR count). The van der Waals surface area contributed by atoms with Crippen molar-refractivity contribution in [3.63, 3.8) is 0 Å². The van der Waals surface area contributed by atoms with Crippen LogP contribution < -0.4 is 0 Å². The highest BCUT2D eigenvalue weighted by atomic mass is 32.2. The zero-order valence-corrected chi connectivity index (χ0v) is 16.6. The van der Waals surface area contributed by atoms with E-state index in [1.165, 1.54) is 5.56 Å². The molecule has 146 valence electrons. The Bertz CT molecular complexity index is 865. The standard InChI is InChI=1S/C20H28N4O2S/c25-27(26,23-11-3-1-2-4-12-23)24-15-13-22(14-16-24)17-19-8-5-7-18-9-6-10-21-20(18)19/h5-10H,1-4,11-17H2. The fourth-order valence-electron chi connectivity index (χ4n) is 4.09. The summed E-state index contributed by atoms with van der Waals surface area (Å²) in [7, 11) is -3.31. The van der Waals surface area contributed by atoms with Gasteiger partial charge in [-0.25, -0.2) is 0 Å². The van der Waals surface area contributed by atoms with Gasteiger partial charge in [-0.15, -0.1) is 0 Å². The first-order valence-electron chi connectivity index (χ1n) is 9.95. The van der Waals surface area contributed by atoms with Gasteiger partial charge in [0.05, 0.1) is 5.52 Å². The van der Waals surface area contributed by atoms with Gasteiger partial charge in [-0.1, -0.05) is 37.1 Å². The van der Waals surface area contributed by atoms with Crippen LogP contribution in [-0.2, 0) is 16.8 Å². The van der Waals surface area contributed by atoms with E-state index in [0.29, 0.717) is 26.2 Å². The molecule has 0 unspecified atom stereocenters. The van der Waals surface area contributed by atoms with Crippen molar-refractivity contribution in [1.29, 1.82) is 0 Å². The molecule has 0 amide bonds. The van der Waals surface area contributed by atoms with Gasteiger partial charge in [-0.2, -0.15) is 17.0 Å². The SMILES string of the molecule is O=S(=O)(N1CCCCCC1)N1CCN(Cc2cccc3cccnc23)CC1. The molecule has 0 spiro atoms. The molecule has 1 aromatic carbocycles. The Labute approximate surface area is 162 Å². The van der Waals surface area contributed by atoms with Crippen LogP contribution in [0.4, 0.5) is 0 Å². The molecule has 2 saturated heterocycles. The third kappa shape index (κ3) is 4.16. The van der Waals surface area contributed by atoms with Crippen LogP contribution in [0.3, 0.4) is 0 Å². The van der Waals surface area contributed by atoms with Gasteiger partial charge in [0.25, 0.3) is 10.2 Å². The van der Waals surface area contributed by atoms with E-state index in [9.17, 15) is 8.42 Å². The molecule has 2 fully saturated rings. The Morgan fingerprint density at radius 1 is 0.815 bits per heavy atom. The quantitative estimate of drug-likeness (QED) is 0.807. The maximum absolute atomic E-state index is 13.0. The number of rotatable bonds is 4. The van der Waals surface area contributed by atoms with E-state index in [4.69, 9.17) is 0 Å². The van der Waals surface area contributed by atoms with Crippen molar-refractivity contribution in [1.82, 2.24) is 18.5 Å². The highest BCUT2D eigenvalue weighted by Gasteiger charge is 2.32. The molecule has 1 aromatic heterocycles. The molecule has 0 N–H and O–H groups in total. The largest absolute Gasteiger partial charge is 0.296 e. The second-order valence-corrected chi connectivity index (χ2v) is 9.42. The lowest BCUT2D eigenvalue weighted by Crippen LogP contribution is -2.52. The monoisotopic (exact) mass is 388 g/mol. The molecule has 0 aliphatic carbocycles. The van der Waals surface area contributed by atoms with E-state index in [-0.39, 0.29) is 0 Å². The van der Waals surface area contributed by atoms with Crippen molar-refractivity contribution in [3.8, 4) is 0 Å². The van der Waals surface area contributed by atoms with Crippen LogP contribution in [0.25, 0.3) is 10.9 Å². The van der Waals surface area contributed by atoms with Crippen molar-refractivity contribution >= 4 is 21.1 Å². The number of aromatic nitrogens is 1. The smallest absolute Gasteiger partial charge is 0.282 e. The van der Waals surface area contributed by atoms with Crippen molar-refractivity contribution in [3.05, 3.63) is 42.1 Å². The highest BCUT2D eigenvalue weighted by molar-refractivity contribution is 7.86. The molecule has 3 heterocycles. The maximum Gasteiger partial charge on any atom is 0.282 e. The predicted molar refractivity (Wildman–Crippen MR) is 108 cm³/mol. The van der Waals surface area contributed by atoms with Crippen LogP contribution in [0.1, 0.15) is 31.2 Å². The first-order valence-corrected chi connectivity index (χ1v) is 11.3. The van der Waals surface area contributed by atoms with E-state index in [0.717, 1.165) is 56.2 Å². The number of piperazine rings is 1. The first-order chi connectivity index (χ1) is 13.1. The Hall–Kier alpha value is -1.54. The number of para-hydroxylation sites is 1. The molecular weight excluding hydrogens is 360 g/mol. The van der Waals surface area contributed by atoms with Crippen LogP contribution in [-0.4, -0.2) is 66.2 Å². The van der Waals surface area contributed by atoms with E-state index in [1.54, 1.807) is 8.61 Å². The van der Waals surface area contributed by atoms with Crippen molar-refractivity contribution in [2.24, 2.45) is 0 Å². The Kier molecular flexibility index (Phi) is 5.73. The second-order valence-electron chi connectivity index (χ2n) is 7.49. The summed E-state index contributed by atoms with van der Waals surface area (Å²) in [5.41, 5.74) is 2.25. The van der Waals surface area contributed by atoms with Gasteiger partial charge < -0.3 is 0 Å². The molecule has 6 nitrogen and oxygen atoms in total. The van der Waals surface area contributed by atoms with E-state index < -0.39 is 10.2 Å². The van der Waals surface area contributed by atoms with Gasteiger partial charge in [0.1, 0.15) is 0 Å². The number of nitrogens with zero attached hydrogens (tertiary/aromatic N) is 4. The average Bonchev–Trinajstić information content (AvgIpc) is 2.99. The van der Waals surface area contributed by atoms with Gasteiger partial charge >= 0.3 is 0 Å². The minimum atomic E-state index is -3.31. The molecule has 0 bridgehead atoms. The summed E-state index contributed by atoms with van der Waals surface area (Å²) in [4.78, 5) is 6.86. The zero-order valence-electron chi connectivity index (χ0n) is 15.8. The van der Waals surface area contributed by atoms with Crippen LogP contribution in [0.5, 0.6) is 0 Å². The van der Waals surface area contributed by atoms with Gasteiger partial charge in [-0.05, 0) is 24.5 Å². The lowest BCUT2D eigenvalue weighted by molar-refractivity contribution is 0.175. The minimum absolute atomic E-state index is 0.566. The van der Waals surface area contributed by atoms with Crippen LogP contribution in [0, 0.1) is 0 Å². The molecule has 0 radical (unpaired) electrons. The summed E-state index contributed by atoms with van der Waals surface area (Å²) in [5.74, 6) is 0. The summed E-state index contributed by atoms with van der Waals surface area (Å²) in [6.07, 6.45) is 6.07. The van der Waals surface area contributed by atoms with Crippen LogP contribution in [0.15, 0.2) is 36.5 Å². The van der Waals surface area contributed by atoms with Gasteiger partial charge in [-0.3, -0.25) is 9.88 Å². The molecule has 0 atom stereocenters. The van der Waals surface area contributed by atoms with Gasteiger partial charge in [0.15, 0.2) is 0 Å². The Balaban J connectivity index is 1.40. The fraction of sp³-hybridized carbons (Fsp3) is 0.550. The maximum atomic E-state index is 13.0. The van der Waals surface area contributed by atoms with Crippen molar-refractivity contribution < 1.29 is 8.42 Å². The number of fused-ring (bicyclic) bond motifs is 1. The van der Waals surface area contributed by atoms with Crippen molar-refractivity contribution in [2.45, 2.75) is 32.2 Å². The number of hydrogen-bond donors (Lipinski definition) is 0. The summed E-state index contributed by atoms with van der Waals surface area (Å²) in [5, 5.41) is 1.15. The van der Waals surface area contributed by atoms with Crippen molar-refractivity contribution in [2.75, 3.05) is 39.3 Å². The third-order valence-electron chi connectivity index (χ3n) is 5.66. The summed E-state index contributed by atoms with van der Waals surface area (Å²) in [6, 6.07) is 10.3. The van der Waals surface area contributed by atoms with Gasteiger partial charge in [0, 0.05) is 57.4 Å².